The number of nitrogens with zero attached hydrogens (tertiary/aromatic N) is 4. The summed E-state index contributed by atoms with van der Waals surface area (Å²) < 4.78 is 73.1. The minimum absolute atomic E-state index is 0.0847. The fraction of sp³-hybridized carbons (Fsp3) is 0.0952. The molecule has 33 heavy (non-hydrogen) atoms. The van der Waals surface area contributed by atoms with Gasteiger partial charge in [0.25, 0.3) is 0 Å². The first kappa shape index (κ1) is 23.0. The molecule has 0 atom stereocenters. The molecule has 2 heterocycles. The van der Waals surface area contributed by atoms with Crippen LogP contribution in [-0.2, 0) is 13.2 Å². The summed E-state index contributed by atoms with van der Waals surface area (Å²) in [4.78, 5) is 8.54. The van der Waals surface area contributed by atoms with Gasteiger partial charge in [-0.2, -0.15) is 18.3 Å². The van der Waals surface area contributed by atoms with E-state index < -0.39 is 23.4 Å². The molecule has 0 aliphatic rings. The van der Waals surface area contributed by atoms with Gasteiger partial charge in [0.05, 0.1) is 11.1 Å². The van der Waals surface area contributed by atoms with E-state index >= 15 is 0 Å². The monoisotopic (exact) mass is 498 g/mol. The van der Waals surface area contributed by atoms with E-state index in [1.54, 1.807) is 31.3 Å². The minimum atomic E-state index is -4.56. The molecule has 0 unspecified atom stereocenters. The van der Waals surface area contributed by atoms with E-state index in [-0.39, 0.29) is 22.3 Å². The molecule has 2 aromatic heterocycles. The van der Waals surface area contributed by atoms with Gasteiger partial charge >= 0.3 is 6.18 Å². The molecular formula is C21H12ClF5N4OS. The third-order valence-corrected chi connectivity index (χ3v) is 5.61. The van der Waals surface area contributed by atoms with Crippen molar-refractivity contribution in [3.63, 3.8) is 0 Å². The lowest BCUT2D eigenvalue weighted by Crippen LogP contribution is -2.05. The first-order valence-corrected chi connectivity index (χ1v) is 10.3. The highest BCUT2D eigenvalue weighted by molar-refractivity contribution is 7.99. The first-order valence-electron chi connectivity index (χ1n) is 9.16. The molecule has 4 aromatic rings. The molecule has 0 radical (unpaired) electrons. The summed E-state index contributed by atoms with van der Waals surface area (Å²) in [5.74, 6) is -1.50. The van der Waals surface area contributed by atoms with Crippen molar-refractivity contribution in [1.82, 2.24) is 19.7 Å². The van der Waals surface area contributed by atoms with Gasteiger partial charge in [0.1, 0.15) is 22.4 Å². The SMILES string of the molecule is Cn1nc(-c2c(F)cccc2F)nc1Sc1ccc(Oc2ncc(C(F)(F)F)cc2Cl)cc1. The molecule has 0 saturated carbocycles. The van der Waals surface area contributed by atoms with Crippen LogP contribution in [0.1, 0.15) is 5.56 Å². The number of hydrogen-bond acceptors (Lipinski definition) is 5. The molecule has 0 spiro atoms. The number of alkyl halides is 3. The normalized spacial score (nSPS) is 11.6. The minimum Gasteiger partial charge on any atom is -0.438 e. The van der Waals surface area contributed by atoms with Gasteiger partial charge < -0.3 is 4.74 Å². The molecule has 0 aliphatic carbocycles. The fourth-order valence-corrected chi connectivity index (χ4v) is 3.72. The predicted molar refractivity (Wildman–Crippen MR) is 111 cm³/mol. The number of aromatic nitrogens is 4. The summed E-state index contributed by atoms with van der Waals surface area (Å²) in [6, 6.07) is 10.7. The van der Waals surface area contributed by atoms with Gasteiger partial charge in [-0.3, -0.25) is 0 Å². The van der Waals surface area contributed by atoms with Crippen molar-refractivity contribution >= 4 is 23.4 Å². The van der Waals surface area contributed by atoms with Crippen molar-refractivity contribution in [2.45, 2.75) is 16.2 Å². The van der Waals surface area contributed by atoms with Gasteiger partial charge in [-0.15, -0.1) is 0 Å². The average Bonchev–Trinajstić information content (AvgIpc) is 3.09. The van der Waals surface area contributed by atoms with Gasteiger partial charge in [0.2, 0.25) is 5.88 Å². The fourth-order valence-electron chi connectivity index (χ4n) is 2.72. The Morgan fingerprint density at radius 2 is 1.70 bits per heavy atom. The van der Waals surface area contributed by atoms with E-state index in [1.165, 1.54) is 22.5 Å². The zero-order valence-electron chi connectivity index (χ0n) is 16.6. The Morgan fingerprint density at radius 1 is 1.03 bits per heavy atom. The van der Waals surface area contributed by atoms with E-state index in [9.17, 15) is 22.0 Å². The second kappa shape index (κ2) is 8.99. The summed E-state index contributed by atoms with van der Waals surface area (Å²) in [5, 5.41) is 4.18. The largest absolute Gasteiger partial charge is 0.438 e. The highest BCUT2D eigenvalue weighted by Crippen LogP contribution is 2.35. The second-order valence-corrected chi connectivity index (χ2v) is 8.07. The van der Waals surface area contributed by atoms with Crippen molar-refractivity contribution in [3.8, 4) is 23.0 Å². The Hall–Kier alpha value is -3.18. The van der Waals surface area contributed by atoms with Crippen LogP contribution in [-0.4, -0.2) is 19.7 Å². The molecule has 0 fully saturated rings. The summed E-state index contributed by atoms with van der Waals surface area (Å²) in [7, 11) is 1.59. The summed E-state index contributed by atoms with van der Waals surface area (Å²) in [6.45, 7) is 0. The molecule has 4 rings (SSSR count). The molecule has 0 N–H and O–H groups in total. The number of benzene rings is 2. The summed E-state index contributed by atoms with van der Waals surface area (Å²) in [6.07, 6.45) is -3.93. The Morgan fingerprint density at radius 3 is 2.30 bits per heavy atom. The Bertz CT molecular complexity index is 1290. The molecule has 2 aromatic carbocycles. The van der Waals surface area contributed by atoms with Crippen molar-refractivity contribution < 1.29 is 26.7 Å². The highest BCUT2D eigenvalue weighted by atomic mass is 35.5. The van der Waals surface area contributed by atoms with E-state index in [4.69, 9.17) is 16.3 Å². The first-order chi connectivity index (χ1) is 15.6. The molecule has 5 nitrogen and oxygen atoms in total. The van der Waals surface area contributed by atoms with E-state index in [2.05, 4.69) is 15.1 Å². The van der Waals surface area contributed by atoms with Crippen LogP contribution in [0.3, 0.4) is 0 Å². The van der Waals surface area contributed by atoms with Crippen LogP contribution in [0.5, 0.6) is 11.6 Å². The second-order valence-electron chi connectivity index (χ2n) is 6.62. The van der Waals surface area contributed by atoms with Gasteiger partial charge in [-0.1, -0.05) is 29.4 Å². The lowest BCUT2D eigenvalue weighted by atomic mass is 10.2. The van der Waals surface area contributed by atoms with E-state index in [1.807, 2.05) is 0 Å². The number of hydrogen-bond donors (Lipinski definition) is 0. The highest BCUT2D eigenvalue weighted by Gasteiger charge is 2.31. The van der Waals surface area contributed by atoms with Crippen molar-refractivity contribution in [3.05, 3.63) is 76.9 Å². The van der Waals surface area contributed by atoms with Crippen LogP contribution in [0.15, 0.2) is 64.8 Å². The number of rotatable bonds is 5. The Labute approximate surface area is 193 Å². The summed E-state index contributed by atoms with van der Waals surface area (Å²) >= 11 is 7.04. The topological polar surface area (TPSA) is 52.8 Å². The molecule has 12 heteroatoms. The van der Waals surface area contributed by atoms with Crippen LogP contribution < -0.4 is 4.74 Å². The quantitative estimate of drug-likeness (QED) is 0.284. The van der Waals surface area contributed by atoms with Crippen LogP contribution >= 0.6 is 23.4 Å². The van der Waals surface area contributed by atoms with Gasteiger partial charge in [0.15, 0.2) is 11.0 Å². The molecular weight excluding hydrogens is 487 g/mol. The number of halogens is 6. The zero-order chi connectivity index (χ0) is 23.8. The molecule has 0 aliphatic heterocycles. The maximum absolute atomic E-state index is 14.0. The maximum atomic E-state index is 14.0. The Balaban J connectivity index is 1.49. The van der Waals surface area contributed by atoms with E-state index in [0.29, 0.717) is 22.0 Å². The van der Waals surface area contributed by atoms with Crippen LogP contribution in [0, 0.1) is 11.6 Å². The maximum Gasteiger partial charge on any atom is 0.417 e. The van der Waals surface area contributed by atoms with Crippen molar-refractivity contribution in [2.75, 3.05) is 0 Å². The lowest BCUT2D eigenvalue weighted by molar-refractivity contribution is -0.137. The van der Waals surface area contributed by atoms with Crippen LogP contribution in [0.25, 0.3) is 11.4 Å². The number of ether oxygens (including phenoxy) is 1. The average molecular weight is 499 g/mol. The lowest BCUT2D eigenvalue weighted by Gasteiger charge is -2.10. The predicted octanol–water partition coefficient (Wildman–Crippen LogP) is 6.77. The zero-order valence-corrected chi connectivity index (χ0v) is 18.1. The van der Waals surface area contributed by atoms with Gasteiger partial charge in [0, 0.05) is 18.1 Å². The third kappa shape index (κ3) is 5.09. The van der Waals surface area contributed by atoms with Crippen molar-refractivity contribution in [2.24, 2.45) is 7.05 Å². The molecule has 0 saturated heterocycles. The van der Waals surface area contributed by atoms with Crippen LogP contribution in [0.4, 0.5) is 22.0 Å². The van der Waals surface area contributed by atoms with Gasteiger partial charge in [-0.05, 0) is 42.5 Å². The number of pyridine rings is 1. The Kier molecular flexibility index (Phi) is 6.26. The van der Waals surface area contributed by atoms with Crippen molar-refractivity contribution in [1.29, 1.82) is 0 Å². The summed E-state index contributed by atoms with van der Waals surface area (Å²) in [5.41, 5.74) is -1.30. The molecule has 170 valence electrons. The third-order valence-electron chi connectivity index (χ3n) is 4.29. The number of aryl methyl sites for hydroxylation is 1. The molecule has 0 bridgehead atoms. The van der Waals surface area contributed by atoms with E-state index in [0.717, 1.165) is 18.2 Å². The van der Waals surface area contributed by atoms with Crippen LogP contribution in [0.2, 0.25) is 5.02 Å². The van der Waals surface area contributed by atoms with Gasteiger partial charge in [-0.25, -0.2) is 23.4 Å². The molecule has 0 amide bonds. The smallest absolute Gasteiger partial charge is 0.417 e. The standard InChI is InChI=1S/C21H12ClF5N4OS/c1-31-20(29-18(30-31)17-15(23)3-2-4-16(17)24)33-13-7-5-12(6-8-13)32-19-14(22)9-11(10-28-19)21(25,26)27/h2-10H,1H3.